The molecule has 51 heavy (non-hydrogen) atoms. The summed E-state index contributed by atoms with van der Waals surface area (Å²) in [6.45, 7) is -6.48. The summed E-state index contributed by atoms with van der Waals surface area (Å²) < 4.78 is 318. The fraction of sp³-hybridized carbons (Fsp3) is 0.850. The molecule has 0 aliphatic heterocycles. The van der Waals surface area contributed by atoms with Gasteiger partial charge in [0.15, 0.2) is 0 Å². The Hall–Kier alpha value is -2.57. The van der Waals surface area contributed by atoms with Crippen molar-refractivity contribution in [2.75, 3.05) is 0 Å². The molecule has 0 spiro atoms. The van der Waals surface area contributed by atoms with Gasteiger partial charge in [-0.3, -0.25) is 0 Å². The van der Waals surface area contributed by atoms with Crippen LogP contribution in [0.4, 0.5) is 105 Å². The van der Waals surface area contributed by atoms with Crippen molar-refractivity contribution in [2.45, 2.75) is 100 Å². The first-order valence-electron chi connectivity index (χ1n) is 12.6. The minimum absolute atomic E-state index is 1.17. The number of H-pyrrole nitrogens is 1. The summed E-state index contributed by atoms with van der Waals surface area (Å²) in [7, 11) is 2.07. The van der Waals surface area contributed by atoms with E-state index in [1.54, 1.807) is 0 Å². The lowest BCUT2D eigenvalue weighted by molar-refractivity contribution is -0.677. The third kappa shape index (κ3) is 14.1. The molecule has 1 aromatic rings. The van der Waals surface area contributed by atoms with Gasteiger partial charge in [-0.05, 0) is 6.42 Å². The number of alkyl halides is 24. The largest absolute Gasteiger partial charge is 0.547 e. The molecule has 0 aliphatic carbocycles. The summed E-state index contributed by atoms with van der Waals surface area (Å²) in [5.41, 5.74) is 0. The van der Waals surface area contributed by atoms with Crippen molar-refractivity contribution in [2.24, 2.45) is 7.05 Å². The van der Waals surface area contributed by atoms with Gasteiger partial charge in [-0.1, -0.05) is 13.3 Å². The molecule has 1 aromatic heterocycles. The van der Waals surface area contributed by atoms with Gasteiger partial charge in [0.1, 0.15) is 12.4 Å². The number of aryl methyl sites for hydroxylation is 2. The Bertz CT molecular complexity index is 1070. The Morgan fingerprint density at radius 2 is 0.804 bits per heavy atom. The Morgan fingerprint density at radius 3 is 0.980 bits per heavy atom. The number of unbranched alkanes of at least 4 members (excludes halogenated alkanes) is 1. The van der Waals surface area contributed by atoms with E-state index >= 15 is 0 Å². The predicted octanol–water partition coefficient (Wildman–Crippen LogP) is 8.64. The standard InChI is InChI=1S/C12H4BF24O4.C8H14N2/c14-1(5(18,19)20)9(30,31)38-13(39-10(32,33)2(15)6(21,22)23,40-11(34,35)3(16)7(24,25)26)41-12(36,37)4(17)8(27,28)29;1-3-4-5-8-9-6-7-10(8)2/h1-4H;6-7H,3-5H2,1-2H3/q-1;/p+1. The summed E-state index contributed by atoms with van der Waals surface area (Å²) in [5, 5.41) is 0. The SMILES string of the molecule is CCCCc1[nH]cc[n+]1C.FC(C(F)(F)F)C(F)(F)O[B-](OC(F)(F)C(F)C(F)(F)F)(OC(F)(F)C(F)C(F)(F)F)OC(F)(F)C(F)C(F)(F)F. The molecule has 1 heterocycles. The van der Waals surface area contributed by atoms with Crippen molar-refractivity contribution >= 4 is 6.96 Å². The van der Waals surface area contributed by atoms with E-state index in [9.17, 15) is 105 Å². The van der Waals surface area contributed by atoms with E-state index in [0.717, 1.165) is 0 Å². The van der Waals surface area contributed by atoms with Gasteiger partial charge in [0.25, 0.3) is 30.5 Å². The Morgan fingerprint density at radius 1 is 0.549 bits per heavy atom. The number of imidazole rings is 1. The molecule has 0 radical (unpaired) electrons. The first kappa shape index (κ1) is 48.4. The van der Waals surface area contributed by atoms with Crippen LogP contribution < -0.4 is 4.57 Å². The third-order valence-corrected chi connectivity index (χ3v) is 5.28. The lowest BCUT2D eigenvalue weighted by Gasteiger charge is -2.49. The molecular formula is C20H19BF24N2O4. The Labute approximate surface area is 267 Å². The van der Waals surface area contributed by atoms with Crippen LogP contribution in [0, 0.1) is 0 Å². The first-order valence-corrected chi connectivity index (χ1v) is 12.6. The van der Waals surface area contributed by atoms with E-state index in [1.165, 1.54) is 25.1 Å². The summed E-state index contributed by atoms with van der Waals surface area (Å²) in [5.74, 6) is 1.32. The minimum atomic E-state index is -8.69. The van der Waals surface area contributed by atoms with Gasteiger partial charge < -0.3 is 18.6 Å². The number of aromatic nitrogens is 2. The lowest BCUT2D eigenvalue weighted by Crippen LogP contribution is -2.68. The average molecular weight is 818 g/mol. The topological polar surface area (TPSA) is 56.6 Å². The van der Waals surface area contributed by atoms with Gasteiger partial charge in [-0.25, -0.2) is 27.1 Å². The zero-order chi connectivity index (χ0) is 41.0. The second-order valence-corrected chi connectivity index (χ2v) is 9.53. The molecule has 4 atom stereocenters. The Kier molecular flexibility index (Phi) is 15.4. The van der Waals surface area contributed by atoms with Gasteiger partial charge in [0.2, 0.25) is 0 Å². The summed E-state index contributed by atoms with van der Waals surface area (Å²) in [6.07, 6.45) is -77.0. The van der Waals surface area contributed by atoms with Crippen molar-refractivity contribution < 1.29 is 129 Å². The van der Waals surface area contributed by atoms with E-state index in [0.29, 0.717) is 0 Å². The highest BCUT2D eigenvalue weighted by Gasteiger charge is 2.71. The molecule has 0 aromatic carbocycles. The van der Waals surface area contributed by atoms with Crippen molar-refractivity contribution in [3.63, 3.8) is 0 Å². The zero-order valence-electron chi connectivity index (χ0n) is 24.3. The summed E-state index contributed by atoms with van der Waals surface area (Å²) in [4.78, 5) is 3.20. The van der Waals surface area contributed by atoms with E-state index < -0.39 is 80.8 Å². The number of aromatic amines is 1. The molecule has 0 aliphatic rings. The van der Waals surface area contributed by atoms with Gasteiger partial charge in [0.05, 0.1) is 7.05 Å². The average Bonchev–Trinajstić information content (AvgIpc) is 3.31. The molecule has 4 unspecified atom stereocenters. The van der Waals surface area contributed by atoms with Crippen LogP contribution in [0.15, 0.2) is 12.4 Å². The van der Waals surface area contributed by atoms with E-state index in [-0.39, 0.29) is 0 Å². The number of halogens is 24. The van der Waals surface area contributed by atoms with Crippen LogP contribution >= 0.6 is 0 Å². The molecule has 0 amide bonds. The van der Waals surface area contributed by atoms with Crippen molar-refractivity contribution in [1.29, 1.82) is 0 Å². The highest BCUT2D eigenvalue weighted by Crippen LogP contribution is 2.48. The second kappa shape index (κ2) is 16.2. The van der Waals surface area contributed by atoms with E-state index in [1.807, 2.05) is 31.0 Å². The predicted molar refractivity (Wildman–Crippen MR) is 114 cm³/mol. The van der Waals surface area contributed by atoms with Crippen LogP contribution in [0.3, 0.4) is 0 Å². The molecular weight excluding hydrogens is 799 g/mol. The van der Waals surface area contributed by atoms with Crippen molar-refractivity contribution in [1.82, 2.24) is 4.98 Å². The van der Waals surface area contributed by atoms with Crippen molar-refractivity contribution in [3.8, 4) is 0 Å². The maximum atomic E-state index is 13.6. The van der Waals surface area contributed by atoms with Crippen LogP contribution in [0.2, 0.25) is 0 Å². The highest BCUT2D eigenvalue weighted by molar-refractivity contribution is 6.54. The monoisotopic (exact) mass is 818 g/mol. The summed E-state index contributed by atoms with van der Waals surface area (Å²) in [6, 6.07) is 0. The molecule has 6 nitrogen and oxygen atoms in total. The molecule has 1 rings (SSSR count). The fourth-order valence-electron chi connectivity index (χ4n) is 2.94. The number of nitrogens with one attached hydrogen (secondary N) is 1. The molecule has 304 valence electrons. The van der Waals surface area contributed by atoms with E-state index in [4.69, 9.17) is 0 Å². The second-order valence-electron chi connectivity index (χ2n) is 9.53. The normalized spacial score (nSPS) is 18.0. The van der Waals surface area contributed by atoms with Crippen LogP contribution in [0.5, 0.6) is 0 Å². The van der Waals surface area contributed by atoms with Gasteiger partial charge in [-0.2, -0.15) is 87.8 Å². The Balaban J connectivity index is 0.00000212. The lowest BCUT2D eigenvalue weighted by atomic mass is 10.0. The number of hydrogen-bond donors (Lipinski definition) is 1. The fourth-order valence-corrected chi connectivity index (χ4v) is 2.94. The molecule has 31 heteroatoms. The molecule has 0 bridgehead atoms. The molecule has 0 saturated heterocycles. The third-order valence-electron chi connectivity index (χ3n) is 5.28. The summed E-state index contributed by atoms with van der Waals surface area (Å²) >= 11 is 0. The van der Waals surface area contributed by atoms with Crippen LogP contribution in [0.1, 0.15) is 25.6 Å². The van der Waals surface area contributed by atoms with Crippen LogP contribution in [-0.4, -0.2) is 85.8 Å². The molecule has 1 N–H and O–H groups in total. The first-order chi connectivity index (χ1) is 22.3. The maximum Gasteiger partial charge on any atom is 0.547 e. The van der Waals surface area contributed by atoms with Gasteiger partial charge in [0, 0.05) is 6.42 Å². The van der Waals surface area contributed by atoms with Gasteiger partial charge >= 0.3 is 56.1 Å². The van der Waals surface area contributed by atoms with Gasteiger partial charge in [-0.15, -0.1) is 0 Å². The smallest absolute Gasteiger partial charge is 0.460 e. The quantitative estimate of drug-likeness (QED) is 0.110. The number of rotatable bonds is 15. The number of nitrogens with zero attached hydrogens (tertiary/aromatic N) is 1. The number of hydrogen-bond acceptors (Lipinski definition) is 4. The molecule has 0 fully saturated rings. The molecule has 0 saturated carbocycles. The van der Waals surface area contributed by atoms with E-state index in [2.05, 4.69) is 23.5 Å². The van der Waals surface area contributed by atoms with Crippen molar-refractivity contribution in [3.05, 3.63) is 18.2 Å². The van der Waals surface area contributed by atoms with Crippen LogP contribution in [0.25, 0.3) is 0 Å². The minimum Gasteiger partial charge on any atom is -0.460 e. The zero-order valence-corrected chi connectivity index (χ0v) is 24.3. The van der Waals surface area contributed by atoms with Crippen LogP contribution in [-0.2, 0) is 32.1 Å². The maximum absolute atomic E-state index is 13.6. The highest BCUT2D eigenvalue weighted by atomic mass is 19.4.